The second-order valence-corrected chi connectivity index (χ2v) is 4.82. The van der Waals surface area contributed by atoms with Gasteiger partial charge in [0.1, 0.15) is 23.0 Å². The standard InChI is InChI=1S/C17H12F4N2O3/c1-2-26-17(25)11(8-23-15-4-3-9(18)7-22-15)16(24)10-5-13(20)14(21)6-12(10)19/h3-8,24H,2H2,1H3/b16-11-,23-8?. The van der Waals surface area contributed by atoms with Crippen molar-refractivity contribution in [3.63, 3.8) is 0 Å². The van der Waals surface area contributed by atoms with Crippen LogP contribution in [-0.2, 0) is 9.53 Å². The van der Waals surface area contributed by atoms with E-state index in [0.29, 0.717) is 6.07 Å². The number of halogens is 4. The number of rotatable bonds is 5. The molecular formula is C17H12F4N2O3. The average molecular weight is 368 g/mol. The van der Waals surface area contributed by atoms with Crippen LogP contribution in [0.25, 0.3) is 5.76 Å². The number of aliphatic hydroxyl groups is 1. The van der Waals surface area contributed by atoms with Crippen LogP contribution in [0.15, 0.2) is 41.0 Å². The van der Waals surface area contributed by atoms with Gasteiger partial charge in [-0.2, -0.15) is 0 Å². The minimum Gasteiger partial charge on any atom is -0.506 e. The number of carbonyl (C=O) groups is 1. The maximum atomic E-state index is 13.8. The number of esters is 1. The number of aliphatic imine (C=N–C) groups is 1. The van der Waals surface area contributed by atoms with Crippen molar-refractivity contribution in [2.45, 2.75) is 6.92 Å². The van der Waals surface area contributed by atoms with Crippen LogP contribution in [0.3, 0.4) is 0 Å². The molecule has 5 nitrogen and oxygen atoms in total. The minimum absolute atomic E-state index is 0.0215. The fraction of sp³-hybridized carbons (Fsp3) is 0.118. The molecule has 0 radical (unpaired) electrons. The predicted octanol–water partition coefficient (Wildman–Crippen LogP) is 3.87. The van der Waals surface area contributed by atoms with Crippen LogP contribution in [0.1, 0.15) is 12.5 Å². The van der Waals surface area contributed by atoms with E-state index in [1.807, 2.05) is 0 Å². The molecule has 2 rings (SSSR count). The number of hydrogen-bond donors (Lipinski definition) is 1. The summed E-state index contributed by atoms with van der Waals surface area (Å²) < 4.78 is 57.8. The fourth-order valence-electron chi connectivity index (χ4n) is 1.84. The van der Waals surface area contributed by atoms with Gasteiger partial charge in [-0.05, 0) is 25.1 Å². The van der Waals surface area contributed by atoms with Crippen molar-refractivity contribution in [2.75, 3.05) is 6.61 Å². The van der Waals surface area contributed by atoms with Crippen molar-refractivity contribution in [1.82, 2.24) is 4.98 Å². The normalized spacial score (nSPS) is 12.2. The van der Waals surface area contributed by atoms with Crippen LogP contribution in [0.4, 0.5) is 23.4 Å². The second-order valence-electron chi connectivity index (χ2n) is 4.82. The molecule has 1 aromatic carbocycles. The smallest absolute Gasteiger partial charge is 0.343 e. The van der Waals surface area contributed by atoms with E-state index in [1.54, 1.807) is 0 Å². The third-order valence-corrected chi connectivity index (χ3v) is 3.05. The Labute approximate surface area is 145 Å². The van der Waals surface area contributed by atoms with Crippen LogP contribution < -0.4 is 0 Å². The quantitative estimate of drug-likeness (QED) is 0.217. The Morgan fingerprint density at radius 3 is 2.50 bits per heavy atom. The van der Waals surface area contributed by atoms with Gasteiger partial charge in [-0.25, -0.2) is 32.3 Å². The zero-order valence-corrected chi connectivity index (χ0v) is 13.3. The molecule has 0 spiro atoms. The molecule has 0 fully saturated rings. The van der Waals surface area contributed by atoms with Gasteiger partial charge in [0, 0.05) is 12.3 Å². The molecule has 0 aliphatic rings. The van der Waals surface area contributed by atoms with E-state index >= 15 is 0 Å². The molecule has 0 saturated carbocycles. The molecule has 1 aromatic heterocycles. The molecule has 0 aliphatic heterocycles. The van der Waals surface area contributed by atoms with Crippen molar-refractivity contribution in [3.8, 4) is 0 Å². The highest BCUT2D eigenvalue weighted by atomic mass is 19.2. The zero-order valence-electron chi connectivity index (χ0n) is 13.3. The van der Waals surface area contributed by atoms with Crippen molar-refractivity contribution >= 4 is 23.8 Å². The lowest BCUT2D eigenvalue weighted by molar-refractivity contribution is -0.137. The van der Waals surface area contributed by atoms with Gasteiger partial charge < -0.3 is 9.84 Å². The first-order chi connectivity index (χ1) is 12.3. The van der Waals surface area contributed by atoms with Crippen LogP contribution in [0.2, 0.25) is 0 Å². The van der Waals surface area contributed by atoms with Gasteiger partial charge in [-0.1, -0.05) is 0 Å². The van der Waals surface area contributed by atoms with Gasteiger partial charge in [-0.3, -0.25) is 0 Å². The molecule has 136 valence electrons. The van der Waals surface area contributed by atoms with Gasteiger partial charge in [0.25, 0.3) is 0 Å². The van der Waals surface area contributed by atoms with Crippen LogP contribution in [0, 0.1) is 23.3 Å². The lowest BCUT2D eigenvalue weighted by atomic mass is 10.1. The predicted molar refractivity (Wildman–Crippen MR) is 84.8 cm³/mol. The molecule has 1 N–H and O–H groups in total. The van der Waals surface area contributed by atoms with Crippen molar-refractivity contribution < 1.29 is 32.2 Å². The monoisotopic (exact) mass is 368 g/mol. The first-order valence-corrected chi connectivity index (χ1v) is 7.24. The Morgan fingerprint density at radius 1 is 1.19 bits per heavy atom. The number of nitrogens with zero attached hydrogens (tertiary/aromatic N) is 2. The minimum atomic E-state index is -1.46. The Balaban J connectivity index is 2.52. The molecule has 0 unspecified atom stereocenters. The van der Waals surface area contributed by atoms with Crippen molar-refractivity contribution in [2.24, 2.45) is 4.99 Å². The van der Waals surface area contributed by atoms with Crippen molar-refractivity contribution in [1.29, 1.82) is 0 Å². The average Bonchev–Trinajstić information content (AvgIpc) is 2.60. The zero-order chi connectivity index (χ0) is 19.3. The summed E-state index contributed by atoms with van der Waals surface area (Å²) in [4.78, 5) is 19.4. The maximum Gasteiger partial charge on any atom is 0.343 e. The Hall–Kier alpha value is -3.23. The van der Waals surface area contributed by atoms with E-state index in [-0.39, 0.29) is 18.5 Å². The molecule has 0 saturated heterocycles. The molecule has 0 amide bonds. The summed E-state index contributed by atoms with van der Waals surface area (Å²) >= 11 is 0. The van der Waals surface area contributed by atoms with Gasteiger partial charge in [0.05, 0.1) is 18.4 Å². The highest BCUT2D eigenvalue weighted by molar-refractivity contribution is 6.15. The molecule has 0 bridgehead atoms. The summed E-state index contributed by atoms with van der Waals surface area (Å²) in [5.41, 5.74) is -1.38. The van der Waals surface area contributed by atoms with Crippen molar-refractivity contribution in [3.05, 3.63) is 64.9 Å². The first-order valence-electron chi connectivity index (χ1n) is 7.24. The summed E-state index contributed by atoms with van der Waals surface area (Å²) in [6.07, 6.45) is 1.67. The summed E-state index contributed by atoms with van der Waals surface area (Å²) in [7, 11) is 0. The highest BCUT2D eigenvalue weighted by Crippen LogP contribution is 2.23. The summed E-state index contributed by atoms with van der Waals surface area (Å²) in [5, 5.41) is 10.2. The van der Waals surface area contributed by atoms with E-state index in [4.69, 9.17) is 4.74 Å². The summed E-state index contributed by atoms with van der Waals surface area (Å²) in [6.45, 7) is 1.42. The van der Waals surface area contributed by atoms with Gasteiger partial charge in [0.15, 0.2) is 17.5 Å². The number of ether oxygens (including phenoxy) is 1. The largest absolute Gasteiger partial charge is 0.506 e. The number of benzene rings is 1. The Bertz CT molecular complexity index is 880. The van der Waals surface area contributed by atoms with E-state index < -0.39 is 46.1 Å². The lowest BCUT2D eigenvalue weighted by Crippen LogP contribution is -2.12. The summed E-state index contributed by atoms with van der Waals surface area (Å²) in [5.74, 6) is -6.90. The number of hydrogen-bond acceptors (Lipinski definition) is 5. The first kappa shape index (κ1) is 19.1. The van der Waals surface area contributed by atoms with E-state index in [9.17, 15) is 27.5 Å². The van der Waals surface area contributed by atoms with Gasteiger partial charge in [-0.15, -0.1) is 0 Å². The number of pyridine rings is 1. The second kappa shape index (κ2) is 8.24. The van der Waals surface area contributed by atoms with Gasteiger partial charge in [0.2, 0.25) is 0 Å². The van der Waals surface area contributed by atoms with E-state index in [1.165, 1.54) is 13.0 Å². The lowest BCUT2D eigenvalue weighted by Gasteiger charge is -2.08. The molecule has 0 aliphatic carbocycles. The third kappa shape index (κ3) is 4.44. The molecule has 26 heavy (non-hydrogen) atoms. The molecule has 1 heterocycles. The number of aliphatic hydroxyl groups excluding tert-OH is 1. The molecule has 0 atom stereocenters. The Kier molecular flexibility index (Phi) is 6.05. The maximum absolute atomic E-state index is 13.8. The molecule has 2 aromatic rings. The Morgan fingerprint density at radius 2 is 1.88 bits per heavy atom. The van der Waals surface area contributed by atoms with E-state index in [2.05, 4.69) is 9.98 Å². The summed E-state index contributed by atoms with van der Waals surface area (Å²) in [6, 6.07) is 2.86. The third-order valence-electron chi connectivity index (χ3n) is 3.05. The highest BCUT2D eigenvalue weighted by Gasteiger charge is 2.21. The van der Waals surface area contributed by atoms with Gasteiger partial charge >= 0.3 is 5.97 Å². The van der Waals surface area contributed by atoms with Crippen LogP contribution >= 0.6 is 0 Å². The topological polar surface area (TPSA) is 71.8 Å². The number of aromatic nitrogens is 1. The fourth-order valence-corrected chi connectivity index (χ4v) is 1.84. The molecular weight excluding hydrogens is 356 g/mol. The van der Waals surface area contributed by atoms with Crippen LogP contribution in [-0.4, -0.2) is 28.9 Å². The molecule has 9 heteroatoms. The van der Waals surface area contributed by atoms with Crippen LogP contribution in [0.5, 0.6) is 0 Å². The van der Waals surface area contributed by atoms with E-state index in [0.717, 1.165) is 18.5 Å². The number of carbonyl (C=O) groups excluding carboxylic acids is 1. The SMILES string of the molecule is CCOC(=O)/C(C=Nc1ccc(F)cn1)=C(\O)c1cc(F)c(F)cc1F.